The fourth-order valence-electron chi connectivity index (χ4n) is 4.65. The monoisotopic (exact) mass is 486 g/mol. The topological polar surface area (TPSA) is 138 Å². The van der Waals surface area contributed by atoms with Gasteiger partial charge in [0.15, 0.2) is 22.1 Å². The van der Waals surface area contributed by atoms with E-state index in [2.05, 4.69) is 39.7 Å². The van der Waals surface area contributed by atoms with Gasteiger partial charge in [0.25, 0.3) is 0 Å². The Labute approximate surface area is 201 Å². The second-order valence-electron chi connectivity index (χ2n) is 9.08. The minimum Gasteiger partial charge on any atom is -0.496 e. The van der Waals surface area contributed by atoms with Crippen molar-refractivity contribution < 1.29 is 20.1 Å². The van der Waals surface area contributed by atoms with Crippen molar-refractivity contribution in [2.45, 2.75) is 74.6 Å². The molecule has 0 saturated heterocycles. The Morgan fingerprint density at radius 2 is 2.00 bits per heavy atom. The molecule has 34 heavy (non-hydrogen) atoms. The molecule has 5 rings (SSSR count). The van der Waals surface area contributed by atoms with Crippen LogP contribution in [-0.2, 0) is 0 Å². The molecule has 182 valence electrons. The molecule has 2 fully saturated rings. The summed E-state index contributed by atoms with van der Waals surface area (Å²) in [5.41, 5.74) is 3.36. The van der Waals surface area contributed by atoms with E-state index in [1.807, 2.05) is 13.0 Å². The molecule has 2 aromatic heterocycles. The highest BCUT2D eigenvalue weighted by Gasteiger charge is 2.44. The van der Waals surface area contributed by atoms with Gasteiger partial charge in [0.2, 0.25) is 0 Å². The largest absolute Gasteiger partial charge is 0.496 e. The summed E-state index contributed by atoms with van der Waals surface area (Å²) in [6.45, 7) is 4.14. The summed E-state index contributed by atoms with van der Waals surface area (Å²) < 4.78 is 6.89. The van der Waals surface area contributed by atoms with Crippen molar-refractivity contribution in [2.75, 3.05) is 18.2 Å². The van der Waals surface area contributed by atoms with Gasteiger partial charge in [-0.25, -0.2) is 14.6 Å². The Morgan fingerprint density at radius 3 is 2.68 bits per heavy atom. The number of benzene rings is 1. The van der Waals surface area contributed by atoms with Crippen molar-refractivity contribution in [2.24, 2.45) is 0 Å². The van der Waals surface area contributed by atoms with Crippen molar-refractivity contribution in [3.63, 3.8) is 0 Å². The summed E-state index contributed by atoms with van der Waals surface area (Å²) >= 11 is 1.55. The Bertz CT molecular complexity index is 1190. The van der Waals surface area contributed by atoms with E-state index in [1.165, 1.54) is 10.2 Å². The number of aliphatic hydroxyl groups is 3. The van der Waals surface area contributed by atoms with Gasteiger partial charge in [-0.15, -0.1) is 5.10 Å². The minimum absolute atomic E-state index is 0.173. The Balaban J connectivity index is 1.44. The summed E-state index contributed by atoms with van der Waals surface area (Å²) in [6, 6.07) is 5.87. The number of nitrogens with one attached hydrogen (secondary N) is 1. The van der Waals surface area contributed by atoms with E-state index in [0.29, 0.717) is 28.1 Å². The summed E-state index contributed by atoms with van der Waals surface area (Å²) in [5, 5.41) is 43.2. The van der Waals surface area contributed by atoms with E-state index < -0.39 is 24.4 Å². The Kier molecular flexibility index (Phi) is 6.36. The molecule has 4 N–H and O–H groups in total. The van der Waals surface area contributed by atoms with Crippen molar-refractivity contribution >= 4 is 28.7 Å². The first kappa shape index (κ1) is 23.3. The maximum atomic E-state index is 10.4. The van der Waals surface area contributed by atoms with Crippen LogP contribution < -0.4 is 10.1 Å². The van der Waals surface area contributed by atoms with Crippen molar-refractivity contribution in [1.29, 1.82) is 0 Å². The van der Waals surface area contributed by atoms with Gasteiger partial charge in [-0.3, -0.25) is 0 Å². The molecule has 2 saturated carbocycles. The van der Waals surface area contributed by atoms with Crippen LogP contribution in [0.3, 0.4) is 0 Å². The molecule has 3 aromatic rings. The predicted molar refractivity (Wildman–Crippen MR) is 128 cm³/mol. The van der Waals surface area contributed by atoms with Gasteiger partial charge in [-0.2, -0.15) is 0 Å². The number of methoxy groups -OCH3 is 1. The van der Waals surface area contributed by atoms with Gasteiger partial charge in [0.05, 0.1) is 19.3 Å². The number of fused-ring (bicyclic) bond motifs is 1. The third-order valence-corrected chi connectivity index (χ3v) is 7.69. The smallest absolute Gasteiger partial charge is 0.191 e. The number of hydrogen-bond acceptors (Lipinski definition) is 10. The van der Waals surface area contributed by atoms with Crippen LogP contribution in [0.25, 0.3) is 11.2 Å². The highest BCUT2D eigenvalue weighted by Crippen LogP contribution is 2.44. The molecule has 0 radical (unpaired) electrons. The molecule has 0 spiro atoms. The summed E-state index contributed by atoms with van der Waals surface area (Å²) in [6.07, 6.45) is -1.27. The summed E-state index contributed by atoms with van der Waals surface area (Å²) in [5.74, 6) is 2.72. The first-order valence-corrected chi connectivity index (χ1v) is 12.6. The zero-order chi connectivity index (χ0) is 24.0. The molecule has 11 heteroatoms. The lowest BCUT2D eigenvalue weighted by Gasteiger charge is -2.16. The first-order valence-electron chi connectivity index (χ1n) is 11.6. The number of aromatic nitrogens is 5. The van der Waals surface area contributed by atoms with E-state index in [0.717, 1.165) is 29.9 Å². The lowest BCUT2D eigenvalue weighted by Crippen LogP contribution is -2.31. The average Bonchev–Trinajstić information content (AvgIpc) is 3.39. The molecule has 2 heterocycles. The maximum absolute atomic E-state index is 10.4. The van der Waals surface area contributed by atoms with E-state index in [-0.39, 0.29) is 12.5 Å². The molecule has 10 nitrogen and oxygen atoms in total. The molecule has 6 unspecified atom stereocenters. The fourth-order valence-corrected chi connectivity index (χ4v) is 5.34. The lowest BCUT2D eigenvalue weighted by molar-refractivity contribution is -0.0253. The number of rotatable bonds is 8. The third-order valence-electron chi connectivity index (χ3n) is 6.63. The fraction of sp³-hybridized carbons (Fsp3) is 0.565. The highest BCUT2D eigenvalue weighted by molar-refractivity contribution is 7.99. The second kappa shape index (κ2) is 9.29. The number of ether oxygens (including phenoxy) is 1. The van der Waals surface area contributed by atoms with Crippen LogP contribution in [0.2, 0.25) is 0 Å². The van der Waals surface area contributed by atoms with E-state index in [9.17, 15) is 15.3 Å². The zero-order valence-electron chi connectivity index (χ0n) is 19.4. The minimum atomic E-state index is -1.22. The van der Waals surface area contributed by atoms with Crippen molar-refractivity contribution in [3.8, 4) is 5.75 Å². The van der Waals surface area contributed by atoms with Crippen LogP contribution in [0.1, 0.15) is 49.3 Å². The van der Waals surface area contributed by atoms with Crippen LogP contribution >= 0.6 is 11.8 Å². The van der Waals surface area contributed by atoms with Gasteiger partial charge in [-0.1, -0.05) is 36.0 Å². The average molecular weight is 487 g/mol. The molecule has 6 atom stereocenters. The maximum Gasteiger partial charge on any atom is 0.191 e. The lowest BCUT2D eigenvalue weighted by atomic mass is 10.1. The van der Waals surface area contributed by atoms with Crippen LogP contribution in [0, 0.1) is 6.92 Å². The van der Waals surface area contributed by atoms with Crippen LogP contribution in [0.4, 0.5) is 5.82 Å². The normalized spacial score (nSPS) is 28.4. The summed E-state index contributed by atoms with van der Waals surface area (Å²) in [7, 11) is 1.68. The van der Waals surface area contributed by atoms with E-state index in [4.69, 9.17) is 9.72 Å². The number of thioether (sulfide) groups is 1. The molecule has 0 bridgehead atoms. The molecule has 2 aliphatic carbocycles. The van der Waals surface area contributed by atoms with Gasteiger partial charge >= 0.3 is 0 Å². The highest BCUT2D eigenvalue weighted by atomic mass is 32.2. The standard InChI is InChI=1S/C23H30N6O4S/c1-4-7-34-23-25-21(24-14-9-13(14)12-5-6-17(33-3)11(2)8-12)18-22(26-23)29(28-27-18)15-10-16(30)20(32)19(15)31/h5-6,8,13-16,19-20,30-32H,4,7,9-10H2,1-3H3,(H,24,25,26). The molecular formula is C23H30N6O4S. The van der Waals surface area contributed by atoms with E-state index in [1.54, 1.807) is 18.9 Å². The van der Waals surface area contributed by atoms with Gasteiger partial charge in [-0.05, 0) is 37.0 Å². The van der Waals surface area contributed by atoms with Crippen molar-refractivity contribution in [1.82, 2.24) is 25.0 Å². The molecule has 0 amide bonds. The Morgan fingerprint density at radius 1 is 1.18 bits per heavy atom. The number of hydrogen-bond donors (Lipinski definition) is 4. The summed E-state index contributed by atoms with van der Waals surface area (Å²) in [4.78, 5) is 9.38. The van der Waals surface area contributed by atoms with Crippen LogP contribution in [-0.4, -0.2) is 77.5 Å². The molecule has 2 aliphatic rings. The predicted octanol–water partition coefficient (Wildman–Crippen LogP) is 2.04. The first-order chi connectivity index (χ1) is 16.4. The third kappa shape index (κ3) is 4.21. The molecular weight excluding hydrogens is 456 g/mol. The Hall–Kier alpha value is -2.47. The number of nitrogens with zero attached hydrogens (tertiary/aromatic N) is 5. The second-order valence-corrected chi connectivity index (χ2v) is 10.1. The molecule has 1 aromatic carbocycles. The zero-order valence-corrected chi connectivity index (χ0v) is 20.2. The SMILES string of the molecule is CCCSc1nc(NC2CC2c2ccc(OC)c(C)c2)c2nnn(C3CC(O)C(O)C3O)c2n1. The van der Waals surface area contributed by atoms with Gasteiger partial charge < -0.3 is 25.4 Å². The quantitative estimate of drug-likeness (QED) is 0.276. The molecule has 0 aliphatic heterocycles. The van der Waals surface area contributed by atoms with Gasteiger partial charge in [0.1, 0.15) is 18.0 Å². The van der Waals surface area contributed by atoms with Crippen molar-refractivity contribution in [3.05, 3.63) is 29.3 Å². The van der Waals surface area contributed by atoms with Crippen LogP contribution in [0.15, 0.2) is 23.4 Å². The van der Waals surface area contributed by atoms with Crippen LogP contribution in [0.5, 0.6) is 5.75 Å². The number of anilines is 1. The number of aryl methyl sites for hydroxylation is 1. The van der Waals surface area contributed by atoms with Gasteiger partial charge in [0, 0.05) is 24.1 Å². The van der Waals surface area contributed by atoms with E-state index >= 15 is 0 Å². The number of aliphatic hydroxyl groups excluding tert-OH is 3.